The van der Waals surface area contributed by atoms with Gasteiger partial charge in [-0.2, -0.15) is 11.8 Å². The van der Waals surface area contributed by atoms with Gasteiger partial charge in [-0.05, 0) is 55.4 Å². The average molecular weight is 525 g/mol. The molecule has 0 radical (unpaired) electrons. The van der Waals surface area contributed by atoms with E-state index in [0.717, 1.165) is 0 Å². The molecule has 0 saturated carbocycles. The van der Waals surface area contributed by atoms with Crippen molar-refractivity contribution in [2.24, 2.45) is 5.73 Å². The highest BCUT2D eigenvalue weighted by molar-refractivity contribution is 7.98. The highest BCUT2D eigenvalue weighted by atomic mass is 32.2. The van der Waals surface area contributed by atoms with E-state index >= 15 is 0 Å². The van der Waals surface area contributed by atoms with Crippen LogP contribution in [-0.4, -0.2) is 92.6 Å². The first-order valence-corrected chi connectivity index (χ1v) is 12.8. The maximum Gasteiger partial charge on any atom is 0.326 e. The van der Waals surface area contributed by atoms with Crippen LogP contribution in [0.3, 0.4) is 0 Å². The van der Waals surface area contributed by atoms with Gasteiger partial charge in [0, 0.05) is 6.54 Å². The van der Waals surface area contributed by atoms with E-state index in [1.165, 1.54) is 28.8 Å². The van der Waals surface area contributed by atoms with Crippen molar-refractivity contribution in [2.75, 3.05) is 18.6 Å². The third-order valence-corrected chi connectivity index (χ3v) is 6.43. The van der Waals surface area contributed by atoms with Crippen molar-refractivity contribution >= 4 is 41.4 Å². The molecule has 1 aliphatic rings. The summed E-state index contributed by atoms with van der Waals surface area (Å²) in [5.41, 5.74) is 6.58. The Balaban J connectivity index is 2.11. The fourth-order valence-electron chi connectivity index (χ4n) is 3.89. The van der Waals surface area contributed by atoms with Gasteiger partial charge in [0.2, 0.25) is 17.7 Å². The lowest BCUT2D eigenvalue weighted by atomic mass is 10.0. The van der Waals surface area contributed by atoms with Crippen LogP contribution in [0.25, 0.3) is 0 Å². The van der Waals surface area contributed by atoms with Gasteiger partial charge in [-0.25, -0.2) is 4.79 Å². The first kappa shape index (κ1) is 28.9. The minimum Gasteiger partial charge on any atom is -0.508 e. The zero-order valence-electron chi connectivity index (χ0n) is 19.9. The number of nitrogens with two attached hydrogens (primary N) is 1. The fraction of sp³-hybridized carbons (Fsp3) is 0.522. The number of carboxylic acid groups (broad SMARTS) is 2. The second-order valence-corrected chi connectivity index (χ2v) is 9.49. The van der Waals surface area contributed by atoms with Crippen molar-refractivity contribution in [3.63, 3.8) is 0 Å². The highest BCUT2D eigenvalue weighted by Crippen LogP contribution is 2.20. The molecule has 3 amide bonds. The number of carbonyl (C=O) groups excluding carboxylic acids is 3. The molecule has 0 aromatic heterocycles. The van der Waals surface area contributed by atoms with Crippen molar-refractivity contribution in [3.05, 3.63) is 29.8 Å². The lowest BCUT2D eigenvalue weighted by Gasteiger charge is -2.28. The Hall–Kier alpha value is -3.32. The van der Waals surface area contributed by atoms with Crippen LogP contribution in [0.2, 0.25) is 0 Å². The molecule has 13 heteroatoms. The van der Waals surface area contributed by atoms with Crippen LogP contribution in [0, 0.1) is 0 Å². The summed E-state index contributed by atoms with van der Waals surface area (Å²) in [7, 11) is 0. The summed E-state index contributed by atoms with van der Waals surface area (Å²) in [5.74, 6) is -4.16. The summed E-state index contributed by atoms with van der Waals surface area (Å²) in [5, 5.41) is 32.9. The molecule has 1 fully saturated rings. The molecule has 0 aliphatic carbocycles. The molecule has 0 bridgehead atoms. The van der Waals surface area contributed by atoms with Crippen LogP contribution < -0.4 is 16.4 Å². The second kappa shape index (κ2) is 13.7. The van der Waals surface area contributed by atoms with Crippen LogP contribution >= 0.6 is 11.8 Å². The van der Waals surface area contributed by atoms with E-state index in [0.29, 0.717) is 24.2 Å². The van der Waals surface area contributed by atoms with Crippen LogP contribution in [0.5, 0.6) is 5.75 Å². The van der Waals surface area contributed by atoms with E-state index in [9.17, 15) is 39.3 Å². The van der Waals surface area contributed by atoms with Gasteiger partial charge in [0.05, 0.1) is 12.5 Å². The zero-order valence-corrected chi connectivity index (χ0v) is 20.7. The van der Waals surface area contributed by atoms with E-state index in [1.807, 2.05) is 6.26 Å². The van der Waals surface area contributed by atoms with Crippen LogP contribution in [-0.2, 0) is 30.4 Å². The van der Waals surface area contributed by atoms with Crippen LogP contribution in [0.1, 0.15) is 31.2 Å². The van der Waals surface area contributed by atoms with E-state index in [4.69, 9.17) is 5.73 Å². The van der Waals surface area contributed by atoms with Crippen molar-refractivity contribution < 1.29 is 39.3 Å². The van der Waals surface area contributed by atoms with Gasteiger partial charge >= 0.3 is 11.9 Å². The SMILES string of the molecule is CSCCC(NC(=O)C(CC(=O)O)NC(=O)C(N)Cc1ccc(O)cc1)C(=O)N1CCCC1C(=O)O. The maximum absolute atomic E-state index is 13.1. The average Bonchev–Trinajstić information content (AvgIpc) is 3.32. The standard InChI is InChI=1S/C23H32N4O8S/c1-36-10-8-16(22(33)27-9-2-3-18(27)23(34)35)25-21(32)17(12-19(29)30)26-20(31)15(24)11-13-4-6-14(28)7-5-13/h4-7,15-18,28H,2-3,8-12,24H2,1H3,(H,25,32)(H,26,31)(H,29,30)(H,34,35). The molecule has 36 heavy (non-hydrogen) atoms. The number of hydrogen-bond acceptors (Lipinski definition) is 8. The van der Waals surface area contributed by atoms with Crippen molar-refractivity contribution in [2.45, 2.75) is 56.3 Å². The number of aromatic hydroxyl groups is 1. The van der Waals surface area contributed by atoms with Crippen molar-refractivity contribution in [1.29, 1.82) is 0 Å². The number of carbonyl (C=O) groups is 5. The number of amides is 3. The number of hydrogen-bond donors (Lipinski definition) is 6. The minimum absolute atomic E-state index is 0.0455. The number of thioether (sulfide) groups is 1. The third-order valence-electron chi connectivity index (χ3n) is 5.79. The third kappa shape index (κ3) is 8.41. The minimum atomic E-state index is -1.50. The van der Waals surface area contributed by atoms with E-state index in [2.05, 4.69) is 10.6 Å². The lowest BCUT2D eigenvalue weighted by Crippen LogP contribution is -2.57. The van der Waals surface area contributed by atoms with E-state index in [-0.39, 0.29) is 25.1 Å². The molecular weight excluding hydrogens is 492 g/mol. The van der Waals surface area contributed by atoms with Gasteiger partial charge in [-0.1, -0.05) is 12.1 Å². The second-order valence-electron chi connectivity index (χ2n) is 8.51. The predicted molar refractivity (Wildman–Crippen MR) is 131 cm³/mol. The van der Waals surface area contributed by atoms with Gasteiger partial charge in [0.25, 0.3) is 0 Å². The molecule has 7 N–H and O–H groups in total. The number of likely N-dealkylation sites (tertiary alicyclic amines) is 1. The summed E-state index contributed by atoms with van der Waals surface area (Å²) < 4.78 is 0. The number of phenols is 1. The first-order valence-electron chi connectivity index (χ1n) is 11.4. The highest BCUT2D eigenvalue weighted by Gasteiger charge is 2.38. The van der Waals surface area contributed by atoms with E-state index in [1.54, 1.807) is 12.1 Å². The number of aliphatic carboxylic acids is 2. The molecule has 0 spiro atoms. The summed E-state index contributed by atoms with van der Waals surface area (Å²) in [6.45, 7) is 0.239. The monoisotopic (exact) mass is 524 g/mol. The number of phenolic OH excluding ortho intramolecular Hbond substituents is 1. The Morgan fingerprint density at radius 1 is 1.08 bits per heavy atom. The number of nitrogens with zero attached hydrogens (tertiary/aromatic N) is 1. The maximum atomic E-state index is 13.1. The van der Waals surface area contributed by atoms with Crippen molar-refractivity contribution in [3.8, 4) is 5.75 Å². The fourth-order valence-corrected chi connectivity index (χ4v) is 4.37. The van der Waals surface area contributed by atoms with Crippen LogP contribution in [0.15, 0.2) is 24.3 Å². The smallest absolute Gasteiger partial charge is 0.326 e. The topological polar surface area (TPSA) is 199 Å². The molecule has 1 saturated heterocycles. The Bertz CT molecular complexity index is 958. The number of benzene rings is 1. The molecule has 1 aliphatic heterocycles. The molecule has 4 unspecified atom stereocenters. The van der Waals surface area contributed by atoms with Crippen molar-refractivity contribution in [1.82, 2.24) is 15.5 Å². The molecule has 2 rings (SSSR count). The largest absolute Gasteiger partial charge is 0.508 e. The lowest BCUT2D eigenvalue weighted by molar-refractivity contribution is -0.149. The molecule has 198 valence electrons. The van der Waals surface area contributed by atoms with Gasteiger partial charge in [-0.3, -0.25) is 19.2 Å². The van der Waals surface area contributed by atoms with Gasteiger partial charge < -0.3 is 36.6 Å². The molecule has 1 aromatic carbocycles. The first-order chi connectivity index (χ1) is 17.0. The van der Waals surface area contributed by atoms with Gasteiger partial charge in [-0.15, -0.1) is 0 Å². The number of rotatable bonds is 13. The summed E-state index contributed by atoms with van der Waals surface area (Å²) >= 11 is 1.43. The predicted octanol–water partition coefficient (Wildman–Crippen LogP) is -0.465. The molecular formula is C23H32N4O8S. The molecule has 1 aromatic rings. The van der Waals surface area contributed by atoms with E-state index < -0.39 is 60.2 Å². The number of carboxylic acids is 2. The van der Waals surface area contributed by atoms with Gasteiger partial charge in [0.15, 0.2) is 0 Å². The summed E-state index contributed by atoms with van der Waals surface area (Å²) in [6, 6.07) is 1.35. The number of nitrogens with one attached hydrogen (secondary N) is 2. The Morgan fingerprint density at radius 3 is 2.31 bits per heavy atom. The summed E-state index contributed by atoms with van der Waals surface area (Å²) in [4.78, 5) is 62.8. The Morgan fingerprint density at radius 2 is 1.72 bits per heavy atom. The Kier molecular flexibility index (Phi) is 11.0. The van der Waals surface area contributed by atoms with Gasteiger partial charge in [0.1, 0.15) is 23.9 Å². The quantitative estimate of drug-likeness (QED) is 0.196. The molecule has 4 atom stereocenters. The Labute approximate surface area is 212 Å². The molecule has 1 heterocycles. The van der Waals surface area contributed by atoms with Crippen LogP contribution in [0.4, 0.5) is 0 Å². The normalized spacial score (nSPS) is 17.6. The molecule has 12 nitrogen and oxygen atoms in total. The zero-order chi connectivity index (χ0) is 26.8. The summed E-state index contributed by atoms with van der Waals surface area (Å²) in [6.07, 6.45) is 2.16.